The molecule has 0 radical (unpaired) electrons. The van der Waals surface area contributed by atoms with E-state index in [2.05, 4.69) is 4.74 Å². The fourth-order valence-corrected chi connectivity index (χ4v) is 1.32. The molecule has 1 aromatic carbocycles. The lowest BCUT2D eigenvalue weighted by Gasteiger charge is -2.17. The number of carbonyl (C=O) groups excluding carboxylic acids is 1. The number of ether oxygens (including phenoxy) is 1. The molecule has 0 fully saturated rings. The van der Waals surface area contributed by atoms with Gasteiger partial charge in [-0.1, -0.05) is 0 Å². The van der Waals surface area contributed by atoms with Crippen LogP contribution < -0.4 is 0 Å². The highest BCUT2D eigenvalue weighted by molar-refractivity contribution is 5.89. The van der Waals surface area contributed by atoms with Crippen LogP contribution in [0.2, 0.25) is 0 Å². The molecule has 17 heavy (non-hydrogen) atoms. The number of hydrogen-bond donors (Lipinski definition) is 3. The van der Waals surface area contributed by atoms with Gasteiger partial charge in [0.1, 0.15) is 18.0 Å². The summed E-state index contributed by atoms with van der Waals surface area (Å²) in [7, 11) is 1.17. The standard InChI is InChI=1S/C11H13FO5/c1-17-11(16)6-2-3-8(12)7(4-6)10(15)9(14)5-13/h2-4,9-10,13-15H,5H2,1H3. The molecule has 2 atom stereocenters. The molecule has 94 valence electrons. The van der Waals surface area contributed by atoms with Gasteiger partial charge in [-0.15, -0.1) is 0 Å². The summed E-state index contributed by atoms with van der Waals surface area (Å²) in [6.07, 6.45) is -3.12. The van der Waals surface area contributed by atoms with Crippen LogP contribution in [0.15, 0.2) is 18.2 Å². The van der Waals surface area contributed by atoms with Gasteiger partial charge in [0, 0.05) is 5.56 Å². The lowest BCUT2D eigenvalue weighted by molar-refractivity contribution is -0.0168. The van der Waals surface area contributed by atoms with Gasteiger partial charge in [-0.2, -0.15) is 0 Å². The van der Waals surface area contributed by atoms with Crippen LogP contribution in [-0.4, -0.2) is 41.1 Å². The Bertz CT molecular complexity index is 407. The van der Waals surface area contributed by atoms with Gasteiger partial charge >= 0.3 is 5.97 Å². The minimum atomic E-state index is -1.61. The molecular weight excluding hydrogens is 231 g/mol. The maximum absolute atomic E-state index is 13.4. The quantitative estimate of drug-likeness (QED) is 0.649. The summed E-state index contributed by atoms with van der Waals surface area (Å²) in [5.41, 5.74) is -0.220. The minimum Gasteiger partial charge on any atom is -0.465 e. The number of carbonyl (C=O) groups is 1. The summed E-state index contributed by atoms with van der Waals surface area (Å²) in [4.78, 5) is 11.2. The highest BCUT2D eigenvalue weighted by atomic mass is 19.1. The molecule has 0 bridgehead atoms. The number of methoxy groups -OCH3 is 1. The summed E-state index contributed by atoms with van der Waals surface area (Å²) >= 11 is 0. The number of halogens is 1. The molecule has 0 heterocycles. The third-order valence-corrected chi connectivity index (χ3v) is 2.29. The lowest BCUT2D eigenvalue weighted by Crippen LogP contribution is -2.23. The van der Waals surface area contributed by atoms with E-state index in [9.17, 15) is 19.4 Å². The molecule has 0 saturated carbocycles. The summed E-state index contributed by atoms with van der Waals surface area (Å²) < 4.78 is 17.8. The van der Waals surface area contributed by atoms with Crippen LogP contribution in [0.25, 0.3) is 0 Å². The maximum atomic E-state index is 13.4. The summed E-state index contributed by atoms with van der Waals surface area (Å²) in [6.45, 7) is -0.719. The molecule has 1 rings (SSSR count). The predicted octanol–water partition coefficient (Wildman–Crippen LogP) is -0.00110. The van der Waals surface area contributed by atoms with E-state index in [1.54, 1.807) is 0 Å². The first kappa shape index (κ1) is 13.6. The number of rotatable bonds is 4. The molecule has 2 unspecified atom stereocenters. The van der Waals surface area contributed by atoms with E-state index in [4.69, 9.17) is 5.11 Å². The number of aliphatic hydroxyl groups excluding tert-OH is 3. The Morgan fingerprint density at radius 1 is 1.47 bits per heavy atom. The summed E-state index contributed by atoms with van der Waals surface area (Å²) in [5, 5.41) is 27.4. The smallest absolute Gasteiger partial charge is 0.337 e. The van der Waals surface area contributed by atoms with Gasteiger partial charge in [0.05, 0.1) is 19.3 Å². The van der Waals surface area contributed by atoms with Crippen molar-refractivity contribution in [3.8, 4) is 0 Å². The molecule has 0 amide bonds. The van der Waals surface area contributed by atoms with Crippen LogP contribution in [0.1, 0.15) is 22.0 Å². The van der Waals surface area contributed by atoms with Crippen LogP contribution in [-0.2, 0) is 4.74 Å². The van der Waals surface area contributed by atoms with E-state index in [-0.39, 0.29) is 11.1 Å². The van der Waals surface area contributed by atoms with Crippen LogP contribution in [0.3, 0.4) is 0 Å². The molecular formula is C11H13FO5. The Labute approximate surface area is 97.1 Å². The van der Waals surface area contributed by atoms with E-state index in [0.717, 1.165) is 12.1 Å². The second-order valence-corrected chi connectivity index (χ2v) is 3.42. The minimum absolute atomic E-state index is 0.0492. The van der Waals surface area contributed by atoms with Gasteiger partial charge in [-0.25, -0.2) is 9.18 Å². The van der Waals surface area contributed by atoms with Crippen molar-refractivity contribution in [1.29, 1.82) is 0 Å². The van der Waals surface area contributed by atoms with E-state index in [1.807, 2.05) is 0 Å². The Hall–Kier alpha value is -1.50. The first-order valence-corrected chi connectivity index (χ1v) is 4.86. The fraction of sp³-hybridized carbons (Fsp3) is 0.364. The SMILES string of the molecule is COC(=O)c1ccc(F)c(C(O)C(O)CO)c1. The highest BCUT2D eigenvalue weighted by Crippen LogP contribution is 2.22. The Morgan fingerprint density at radius 3 is 2.65 bits per heavy atom. The first-order valence-electron chi connectivity index (χ1n) is 4.86. The average Bonchev–Trinajstić information content (AvgIpc) is 2.36. The monoisotopic (exact) mass is 244 g/mol. The molecule has 0 aromatic heterocycles. The van der Waals surface area contributed by atoms with Crippen LogP contribution in [0, 0.1) is 5.82 Å². The van der Waals surface area contributed by atoms with Crippen LogP contribution >= 0.6 is 0 Å². The van der Waals surface area contributed by atoms with Crippen molar-refractivity contribution in [3.05, 3.63) is 35.1 Å². The topological polar surface area (TPSA) is 87.0 Å². The molecule has 1 aromatic rings. The van der Waals surface area contributed by atoms with Gasteiger partial charge in [0.2, 0.25) is 0 Å². The molecule has 0 aliphatic carbocycles. The van der Waals surface area contributed by atoms with E-state index in [0.29, 0.717) is 0 Å². The molecule has 0 spiro atoms. The molecule has 6 heteroatoms. The summed E-state index contributed by atoms with van der Waals surface area (Å²) in [6, 6.07) is 3.25. The van der Waals surface area contributed by atoms with Gasteiger partial charge in [-0.3, -0.25) is 0 Å². The number of aliphatic hydroxyl groups is 3. The second-order valence-electron chi connectivity index (χ2n) is 3.42. The molecule has 0 saturated heterocycles. The number of esters is 1. The van der Waals surface area contributed by atoms with Gasteiger partial charge in [0.15, 0.2) is 0 Å². The zero-order valence-electron chi connectivity index (χ0n) is 9.13. The maximum Gasteiger partial charge on any atom is 0.337 e. The van der Waals surface area contributed by atoms with Crippen molar-refractivity contribution in [2.24, 2.45) is 0 Å². The van der Waals surface area contributed by atoms with Crippen molar-refractivity contribution in [3.63, 3.8) is 0 Å². The fourth-order valence-electron chi connectivity index (χ4n) is 1.32. The zero-order chi connectivity index (χ0) is 13.0. The lowest BCUT2D eigenvalue weighted by atomic mass is 10.0. The average molecular weight is 244 g/mol. The van der Waals surface area contributed by atoms with Crippen molar-refractivity contribution in [1.82, 2.24) is 0 Å². The summed E-state index contributed by atoms with van der Waals surface area (Å²) in [5.74, 6) is -1.46. The van der Waals surface area contributed by atoms with Gasteiger partial charge < -0.3 is 20.1 Å². The van der Waals surface area contributed by atoms with Crippen molar-refractivity contribution in [2.75, 3.05) is 13.7 Å². The number of benzene rings is 1. The Kier molecular flexibility index (Phi) is 4.56. The second kappa shape index (κ2) is 5.72. The van der Waals surface area contributed by atoms with E-state index >= 15 is 0 Å². The molecule has 3 N–H and O–H groups in total. The third kappa shape index (κ3) is 3.00. The molecule has 5 nitrogen and oxygen atoms in total. The van der Waals surface area contributed by atoms with Crippen molar-refractivity contribution >= 4 is 5.97 Å². The van der Waals surface area contributed by atoms with Crippen LogP contribution in [0.5, 0.6) is 0 Å². The molecule has 0 aliphatic heterocycles. The van der Waals surface area contributed by atoms with Crippen LogP contribution in [0.4, 0.5) is 4.39 Å². The normalized spacial score (nSPS) is 14.2. The highest BCUT2D eigenvalue weighted by Gasteiger charge is 2.22. The van der Waals surface area contributed by atoms with Crippen molar-refractivity contribution in [2.45, 2.75) is 12.2 Å². The van der Waals surface area contributed by atoms with Gasteiger partial charge in [-0.05, 0) is 18.2 Å². The number of hydrogen-bond acceptors (Lipinski definition) is 5. The Balaban J connectivity index is 3.10. The Morgan fingerprint density at radius 2 is 2.12 bits per heavy atom. The predicted molar refractivity (Wildman–Crippen MR) is 55.8 cm³/mol. The van der Waals surface area contributed by atoms with Crippen molar-refractivity contribution < 1.29 is 29.2 Å². The van der Waals surface area contributed by atoms with E-state index in [1.165, 1.54) is 13.2 Å². The van der Waals surface area contributed by atoms with Gasteiger partial charge in [0.25, 0.3) is 0 Å². The third-order valence-electron chi connectivity index (χ3n) is 2.29. The largest absolute Gasteiger partial charge is 0.465 e. The van der Waals surface area contributed by atoms with E-state index < -0.39 is 30.6 Å². The zero-order valence-corrected chi connectivity index (χ0v) is 9.13. The first-order chi connectivity index (χ1) is 8.01. The molecule has 0 aliphatic rings.